The van der Waals surface area contributed by atoms with Crippen LogP contribution >= 0.6 is 23.2 Å². The minimum Gasteiger partial charge on any atom is -0.306 e. The molecule has 0 radical (unpaired) electrons. The second kappa shape index (κ2) is 6.84. The van der Waals surface area contributed by atoms with Crippen molar-refractivity contribution >= 4 is 33.2 Å². The monoisotopic (exact) mass is 350 g/mol. The molecular formula is C14H20Cl2N2O2S. The molecule has 1 aromatic rings. The van der Waals surface area contributed by atoms with Crippen molar-refractivity contribution in [2.45, 2.75) is 24.7 Å². The van der Waals surface area contributed by atoms with Crippen LogP contribution in [0.25, 0.3) is 0 Å². The molecule has 118 valence electrons. The topological polar surface area (TPSA) is 49.4 Å². The highest BCUT2D eigenvalue weighted by Crippen LogP contribution is 2.28. The van der Waals surface area contributed by atoms with Gasteiger partial charge in [-0.25, -0.2) is 13.1 Å². The summed E-state index contributed by atoms with van der Waals surface area (Å²) in [5, 5.41) is 0.621. The van der Waals surface area contributed by atoms with Gasteiger partial charge >= 0.3 is 0 Å². The highest BCUT2D eigenvalue weighted by Gasteiger charge is 2.22. The second-order valence-corrected chi connectivity index (χ2v) is 8.18. The van der Waals surface area contributed by atoms with E-state index in [4.69, 9.17) is 23.2 Å². The minimum atomic E-state index is -3.60. The van der Waals surface area contributed by atoms with Gasteiger partial charge in [-0.1, -0.05) is 23.2 Å². The fraction of sp³-hybridized carbons (Fsp3) is 0.571. The number of nitrogens with zero attached hydrogens (tertiary/aromatic N) is 1. The van der Waals surface area contributed by atoms with E-state index >= 15 is 0 Å². The molecule has 1 aromatic carbocycles. The Morgan fingerprint density at radius 3 is 2.48 bits per heavy atom. The molecule has 1 saturated heterocycles. The summed E-state index contributed by atoms with van der Waals surface area (Å²) in [6, 6.07) is 2.99. The summed E-state index contributed by atoms with van der Waals surface area (Å²) in [6.45, 7) is 4.23. The molecule has 0 atom stereocenters. The fourth-order valence-electron chi connectivity index (χ4n) is 2.41. The number of rotatable bonds is 4. The Bertz CT molecular complexity index is 612. The summed E-state index contributed by atoms with van der Waals surface area (Å²) in [6.07, 6.45) is 2.01. The van der Waals surface area contributed by atoms with Crippen LogP contribution in [-0.4, -0.2) is 40.0 Å². The summed E-state index contributed by atoms with van der Waals surface area (Å²) < 4.78 is 27.4. The number of hydrogen-bond donors (Lipinski definition) is 1. The summed E-state index contributed by atoms with van der Waals surface area (Å²) >= 11 is 12.0. The van der Waals surface area contributed by atoms with Crippen LogP contribution in [0.2, 0.25) is 10.0 Å². The molecule has 1 N–H and O–H groups in total. The third-order valence-corrected chi connectivity index (χ3v) is 6.20. The lowest BCUT2D eigenvalue weighted by Gasteiger charge is -2.28. The van der Waals surface area contributed by atoms with Gasteiger partial charge in [-0.05, 0) is 63.5 Å². The third kappa shape index (κ3) is 4.33. The maximum Gasteiger partial charge on any atom is 0.242 e. The zero-order valence-corrected chi connectivity index (χ0v) is 14.5. The summed E-state index contributed by atoms with van der Waals surface area (Å²) in [4.78, 5) is 2.35. The SMILES string of the molecule is Cc1cc(S(=O)(=O)NCC2CCN(C)CC2)c(Cl)cc1Cl. The molecule has 0 saturated carbocycles. The molecule has 1 fully saturated rings. The molecule has 2 rings (SSSR count). The van der Waals surface area contributed by atoms with Crippen molar-refractivity contribution in [1.29, 1.82) is 0 Å². The van der Waals surface area contributed by atoms with Gasteiger partial charge in [-0.15, -0.1) is 0 Å². The molecule has 0 amide bonds. The van der Waals surface area contributed by atoms with Gasteiger partial charge in [0.25, 0.3) is 0 Å². The molecule has 1 aliphatic heterocycles. The molecule has 0 bridgehead atoms. The average Bonchev–Trinajstić information content (AvgIpc) is 2.42. The number of likely N-dealkylation sites (tertiary alicyclic amines) is 1. The molecule has 21 heavy (non-hydrogen) atoms. The lowest BCUT2D eigenvalue weighted by atomic mass is 9.98. The predicted octanol–water partition coefficient (Wildman–Crippen LogP) is 2.92. The van der Waals surface area contributed by atoms with Crippen molar-refractivity contribution in [1.82, 2.24) is 9.62 Å². The van der Waals surface area contributed by atoms with Gasteiger partial charge in [0.1, 0.15) is 4.90 Å². The van der Waals surface area contributed by atoms with Crippen molar-refractivity contribution in [3.05, 3.63) is 27.7 Å². The van der Waals surface area contributed by atoms with E-state index in [0.717, 1.165) is 25.9 Å². The Kier molecular flexibility index (Phi) is 5.54. The lowest BCUT2D eigenvalue weighted by Crippen LogP contribution is -2.36. The van der Waals surface area contributed by atoms with E-state index in [9.17, 15) is 8.42 Å². The number of benzene rings is 1. The predicted molar refractivity (Wildman–Crippen MR) is 86.6 cm³/mol. The van der Waals surface area contributed by atoms with Gasteiger partial charge in [0.05, 0.1) is 5.02 Å². The van der Waals surface area contributed by atoms with E-state index in [1.54, 1.807) is 6.92 Å². The van der Waals surface area contributed by atoms with Crippen LogP contribution in [-0.2, 0) is 10.0 Å². The third-order valence-electron chi connectivity index (χ3n) is 3.90. The number of piperidine rings is 1. The molecule has 0 unspecified atom stereocenters. The zero-order valence-electron chi connectivity index (χ0n) is 12.2. The fourth-order valence-corrected chi connectivity index (χ4v) is 4.35. The first kappa shape index (κ1) is 17.0. The Morgan fingerprint density at radius 1 is 1.24 bits per heavy atom. The van der Waals surface area contributed by atoms with Crippen molar-refractivity contribution in [3.63, 3.8) is 0 Å². The quantitative estimate of drug-likeness (QED) is 0.908. The molecule has 4 nitrogen and oxygen atoms in total. The standard InChI is InChI=1S/C14H20Cl2N2O2S/c1-10-7-14(13(16)8-12(10)15)21(19,20)17-9-11-3-5-18(2)6-4-11/h7-8,11,17H,3-6,9H2,1-2H3. The van der Waals surface area contributed by atoms with Crippen LogP contribution < -0.4 is 4.72 Å². The normalized spacial score (nSPS) is 18.1. The van der Waals surface area contributed by atoms with Crippen molar-refractivity contribution in [3.8, 4) is 0 Å². The molecule has 1 heterocycles. The smallest absolute Gasteiger partial charge is 0.242 e. The van der Waals surface area contributed by atoms with Crippen LogP contribution in [0.15, 0.2) is 17.0 Å². The van der Waals surface area contributed by atoms with Crippen LogP contribution in [0.4, 0.5) is 0 Å². The van der Waals surface area contributed by atoms with E-state index in [1.165, 1.54) is 12.1 Å². The average molecular weight is 351 g/mol. The van der Waals surface area contributed by atoms with E-state index in [2.05, 4.69) is 16.7 Å². The van der Waals surface area contributed by atoms with Crippen LogP contribution in [0.3, 0.4) is 0 Å². The van der Waals surface area contributed by atoms with Crippen molar-refractivity contribution in [2.24, 2.45) is 5.92 Å². The van der Waals surface area contributed by atoms with Crippen LogP contribution in [0, 0.1) is 12.8 Å². The molecule has 1 aliphatic rings. The Labute approximate surface area is 136 Å². The van der Waals surface area contributed by atoms with E-state index in [0.29, 0.717) is 23.0 Å². The maximum absolute atomic E-state index is 12.4. The lowest BCUT2D eigenvalue weighted by molar-refractivity contribution is 0.220. The van der Waals surface area contributed by atoms with Gasteiger partial charge in [0.2, 0.25) is 10.0 Å². The summed E-state index contributed by atoms with van der Waals surface area (Å²) in [5.41, 5.74) is 0.695. The molecule has 7 heteroatoms. The van der Waals surface area contributed by atoms with Crippen molar-refractivity contribution in [2.75, 3.05) is 26.7 Å². The molecule has 0 aromatic heterocycles. The van der Waals surface area contributed by atoms with Crippen molar-refractivity contribution < 1.29 is 8.42 Å². The van der Waals surface area contributed by atoms with Gasteiger partial charge in [0.15, 0.2) is 0 Å². The van der Waals surface area contributed by atoms with Gasteiger partial charge < -0.3 is 4.90 Å². The minimum absolute atomic E-state index is 0.0963. The van der Waals surface area contributed by atoms with E-state index < -0.39 is 10.0 Å². The summed E-state index contributed by atoms with van der Waals surface area (Å²) in [5.74, 6) is 0.378. The van der Waals surface area contributed by atoms with Gasteiger partial charge in [0, 0.05) is 11.6 Å². The maximum atomic E-state index is 12.4. The van der Waals surface area contributed by atoms with Crippen LogP contribution in [0.1, 0.15) is 18.4 Å². The zero-order chi connectivity index (χ0) is 15.6. The molecule has 0 spiro atoms. The largest absolute Gasteiger partial charge is 0.306 e. The first-order chi connectivity index (χ1) is 9.79. The van der Waals surface area contributed by atoms with E-state index in [1.807, 2.05) is 0 Å². The first-order valence-corrected chi connectivity index (χ1v) is 9.17. The number of nitrogens with one attached hydrogen (secondary N) is 1. The highest BCUT2D eigenvalue weighted by molar-refractivity contribution is 7.89. The van der Waals surface area contributed by atoms with Gasteiger partial charge in [-0.2, -0.15) is 0 Å². The number of sulfonamides is 1. The second-order valence-electron chi connectivity index (χ2n) is 5.63. The summed E-state index contributed by atoms with van der Waals surface area (Å²) in [7, 11) is -1.52. The first-order valence-electron chi connectivity index (χ1n) is 6.93. The van der Waals surface area contributed by atoms with E-state index in [-0.39, 0.29) is 9.92 Å². The highest BCUT2D eigenvalue weighted by atomic mass is 35.5. The Hall–Kier alpha value is -0.330. The van der Waals surface area contributed by atoms with Crippen LogP contribution in [0.5, 0.6) is 0 Å². The molecule has 0 aliphatic carbocycles. The molecular weight excluding hydrogens is 331 g/mol. The number of hydrogen-bond acceptors (Lipinski definition) is 3. The Balaban J connectivity index is 2.07. The number of halogens is 2. The Morgan fingerprint density at radius 2 is 1.86 bits per heavy atom. The number of aryl methyl sites for hydroxylation is 1. The van der Waals surface area contributed by atoms with Gasteiger partial charge in [-0.3, -0.25) is 0 Å².